The van der Waals surface area contributed by atoms with E-state index in [0.717, 1.165) is 5.41 Å². The maximum atomic E-state index is 12.3. The van der Waals surface area contributed by atoms with Crippen LogP contribution < -0.4 is 14.2 Å². The van der Waals surface area contributed by atoms with Crippen LogP contribution in [0.3, 0.4) is 0 Å². The Bertz CT molecular complexity index is 829. The maximum absolute atomic E-state index is 12.3. The molecule has 0 radical (unpaired) electrons. The van der Waals surface area contributed by atoms with Crippen LogP contribution in [0.1, 0.15) is 11.1 Å². The fourth-order valence-electron chi connectivity index (χ4n) is 2.26. The van der Waals surface area contributed by atoms with Gasteiger partial charge in [0.2, 0.25) is 0 Å². The zero-order valence-electron chi connectivity index (χ0n) is 14.2. The molecule has 25 heavy (non-hydrogen) atoms. The molecule has 0 atom stereocenters. The first-order valence-electron chi connectivity index (χ1n) is 7.37. The summed E-state index contributed by atoms with van der Waals surface area (Å²) < 4.78 is 40.1. The molecule has 0 saturated heterocycles. The lowest BCUT2D eigenvalue weighted by Crippen LogP contribution is -2.00. The molecule has 1 N–H and O–H groups in total. The molecule has 134 valence electrons. The Balaban J connectivity index is 2.27. The predicted molar refractivity (Wildman–Crippen MR) is 95.9 cm³/mol. The van der Waals surface area contributed by atoms with Gasteiger partial charge in [-0.3, -0.25) is 0 Å². The molecule has 2 aromatic carbocycles. The van der Waals surface area contributed by atoms with Crippen LogP contribution in [0.4, 0.5) is 0 Å². The standard InChI is InChI=1S/C18H20O6S/c1-22-15-6-4-13(5-7-15)12-25(20,21)9-8-16-17(23-2)10-14(19)11-18(16)24-3/h4-11,19H,12H2,1-3H3/b9-8+. The summed E-state index contributed by atoms with van der Waals surface area (Å²) in [7, 11) is 0.897. The van der Waals surface area contributed by atoms with Gasteiger partial charge in [-0.2, -0.15) is 0 Å². The van der Waals surface area contributed by atoms with Gasteiger partial charge in [0.25, 0.3) is 0 Å². The summed E-state index contributed by atoms with van der Waals surface area (Å²) in [5, 5.41) is 10.7. The Hall–Kier alpha value is -2.67. The van der Waals surface area contributed by atoms with Crippen LogP contribution in [0.2, 0.25) is 0 Å². The number of phenolic OH excluding ortho intramolecular Hbond substituents is 1. The summed E-state index contributed by atoms with van der Waals surface area (Å²) in [6, 6.07) is 9.59. The summed E-state index contributed by atoms with van der Waals surface area (Å²) in [4.78, 5) is 0. The summed E-state index contributed by atoms with van der Waals surface area (Å²) in [6.07, 6.45) is 1.40. The van der Waals surface area contributed by atoms with Crippen LogP contribution in [0.25, 0.3) is 6.08 Å². The Morgan fingerprint density at radius 2 is 1.52 bits per heavy atom. The number of aromatic hydroxyl groups is 1. The largest absolute Gasteiger partial charge is 0.508 e. The molecule has 0 amide bonds. The third-order valence-corrected chi connectivity index (χ3v) is 4.78. The average molecular weight is 364 g/mol. The minimum absolute atomic E-state index is 0.0352. The molecule has 0 aliphatic rings. The summed E-state index contributed by atoms with van der Waals surface area (Å²) >= 11 is 0. The first kappa shape index (κ1) is 18.7. The van der Waals surface area contributed by atoms with Crippen molar-refractivity contribution in [2.45, 2.75) is 5.75 Å². The molecule has 0 aliphatic heterocycles. The Labute approximate surface area is 147 Å². The first-order chi connectivity index (χ1) is 11.9. The van der Waals surface area contributed by atoms with Gasteiger partial charge < -0.3 is 19.3 Å². The van der Waals surface area contributed by atoms with Gasteiger partial charge in [0.15, 0.2) is 9.84 Å². The smallest absolute Gasteiger partial charge is 0.175 e. The molecule has 0 heterocycles. The van der Waals surface area contributed by atoms with E-state index in [0.29, 0.717) is 28.4 Å². The van der Waals surface area contributed by atoms with E-state index in [1.807, 2.05) is 0 Å². The number of phenols is 1. The molecule has 6 nitrogen and oxygen atoms in total. The van der Waals surface area contributed by atoms with E-state index >= 15 is 0 Å². The fraction of sp³-hybridized carbons (Fsp3) is 0.222. The zero-order valence-corrected chi connectivity index (χ0v) is 15.0. The van der Waals surface area contributed by atoms with Crippen LogP contribution >= 0.6 is 0 Å². The van der Waals surface area contributed by atoms with Crippen molar-refractivity contribution in [1.29, 1.82) is 0 Å². The minimum atomic E-state index is -3.51. The molecule has 2 rings (SSSR count). The van der Waals surface area contributed by atoms with Crippen LogP contribution in [-0.4, -0.2) is 34.9 Å². The van der Waals surface area contributed by atoms with Crippen LogP contribution in [0.15, 0.2) is 41.8 Å². The van der Waals surface area contributed by atoms with Gasteiger partial charge in [-0.1, -0.05) is 12.1 Å². The number of ether oxygens (including phenoxy) is 3. The molecule has 0 aromatic heterocycles. The van der Waals surface area contributed by atoms with E-state index in [-0.39, 0.29) is 11.5 Å². The van der Waals surface area contributed by atoms with Gasteiger partial charge in [-0.25, -0.2) is 8.42 Å². The van der Waals surface area contributed by atoms with Crippen molar-refractivity contribution >= 4 is 15.9 Å². The third kappa shape index (κ3) is 4.90. The molecule has 0 aliphatic carbocycles. The van der Waals surface area contributed by atoms with Crippen LogP contribution in [0, 0.1) is 0 Å². The summed E-state index contributed by atoms with van der Waals surface area (Å²) in [5.41, 5.74) is 1.08. The lowest BCUT2D eigenvalue weighted by Gasteiger charge is -2.11. The molecule has 0 saturated carbocycles. The number of hydrogen-bond donors (Lipinski definition) is 1. The van der Waals surface area contributed by atoms with E-state index < -0.39 is 9.84 Å². The van der Waals surface area contributed by atoms with Gasteiger partial charge in [0, 0.05) is 17.5 Å². The summed E-state index contributed by atoms with van der Waals surface area (Å²) in [5.74, 6) is 1.11. The quantitative estimate of drug-likeness (QED) is 0.813. The van der Waals surface area contributed by atoms with E-state index in [4.69, 9.17) is 14.2 Å². The van der Waals surface area contributed by atoms with E-state index in [9.17, 15) is 13.5 Å². The van der Waals surface area contributed by atoms with Gasteiger partial charge in [-0.05, 0) is 23.8 Å². The highest BCUT2D eigenvalue weighted by atomic mass is 32.2. The van der Waals surface area contributed by atoms with Gasteiger partial charge in [-0.15, -0.1) is 0 Å². The van der Waals surface area contributed by atoms with Gasteiger partial charge in [0.1, 0.15) is 23.0 Å². The van der Waals surface area contributed by atoms with Gasteiger partial charge in [0.05, 0.1) is 32.6 Å². The average Bonchev–Trinajstić information content (AvgIpc) is 2.60. The molecule has 0 bridgehead atoms. The Morgan fingerprint density at radius 3 is 2.00 bits per heavy atom. The predicted octanol–water partition coefficient (Wildman–Crippen LogP) is 3.00. The highest BCUT2D eigenvalue weighted by Crippen LogP contribution is 2.34. The third-order valence-electron chi connectivity index (χ3n) is 3.50. The molecule has 0 unspecified atom stereocenters. The second-order valence-electron chi connectivity index (χ2n) is 5.22. The molecule has 7 heteroatoms. The van der Waals surface area contributed by atoms with Crippen molar-refractivity contribution in [3.63, 3.8) is 0 Å². The fourth-order valence-corrected chi connectivity index (χ4v) is 3.36. The van der Waals surface area contributed by atoms with Crippen LogP contribution in [-0.2, 0) is 15.6 Å². The van der Waals surface area contributed by atoms with E-state index in [1.54, 1.807) is 31.4 Å². The maximum Gasteiger partial charge on any atom is 0.175 e. The minimum Gasteiger partial charge on any atom is -0.508 e. The van der Waals surface area contributed by atoms with Crippen molar-refractivity contribution in [1.82, 2.24) is 0 Å². The number of sulfone groups is 1. The van der Waals surface area contributed by atoms with Crippen LogP contribution in [0.5, 0.6) is 23.0 Å². The normalized spacial score (nSPS) is 11.5. The number of benzene rings is 2. The van der Waals surface area contributed by atoms with Crippen molar-refractivity contribution in [2.24, 2.45) is 0 Å². The lowest BCUT2D eigenvalue weighted by atomic mass is 10.1. The van der Waals surface area contributed by atoms with E-state index in [2.05, 4.69) is 0 Å². The molecular weight excluding hydrogens is 344 g/mol. The molecule has 0 spiro atoms. The number of methoxy groups -OCH3 is 3. The molecule has 0 fully saturated rings. The van der Waals surface area contributed by atoms with Gasteiger partial charge >= 0.3 is 0 Å². The SMILES string of the molecule is COc1ccc(CS(=O)(=O)/C=C/c2c(OC)cc(O)cc2OC)cc1. The second-order valence-corrected chi connectivity index (χ2v) is 7.11. The van der Waals surface area contributed by atoms with Crippen molar-refractivity contribution in [2.75, 3.05) is 21.3 Å². The number of hydrogen-bond acceptors (Lipinski definition) is 6. The van der Waals surface area contributed by atoms with E-state index in [1.165, 1.54) is 32.4 Å². The van der Waals surface area contributed by atoms with Crippen molar-refractivity contribution in [3.05, 3.63) is 52.9 Å². The highest BCUT2D eigenvalue weighted by Gasteiger charge is 2.13. The second kappa shape index (κ2) is 7.94. The first-order valence-corrected chi connectivity index (χ1v) is 9.09. The zero-order chi connectivity index (χ0) is 18.4. The topological polar surface area (TPSA) is 82.1 Å². The Kier molecular flexibility index (Phi) is 5.93. The van der Waals surface area contributed by atoms with Crippen molar-refractivity contribution in [3.8, 4) is 23.0 Å². The summed E-state index contributed by atoms with van der Waals surface area (Å²) in [6.45, 7) is 0. The highest BCUT2D eigenvalue weighted by molar-refractivity contribution is 7.93. The Morgan fingerprint density at radius 1 is 0.960 bits per heavy atom. The number of rotatable bonds is 7. The lowest BCUT2D eigenvalue weighted by molar-refractivity contribution is 0.383. The van der Waals surface area contributed by atoms with Crippen molar-refractivity contribution < 1.29 is 27.7 Å². The molecular formula is C18H20O6S. The monoisotopic (exact) mass is 364 g/mol. The molecule has 2 aromatic rings.